The van der Waals surface area contributed by atoms with Crippen molar-refractivity contribution in [3.8, 4) is 0 Å². The van der Waals surface area contributed by atoms with Gasteiger partial charge < -0.3 is 9.42 Å². The minimum absolute atomic E-state index is 0.203. The first-order chi connectivity index (χ1) is 12.2. The molecular weight excluding hydrogens is 314 g/mol. The lowest BCUT2D eigenvalue weighted by Gasteiger charge is -2.33. The van der Waals surface area contributed by atoms with Crippen molar-refractivity contribution in [2.75, 3.05) is 13.1 Å². The van der Waals surface area contributed by atoms with E-state index < -0.39 is 0 Å². The third-order valence-corrected chi connectivity index (χ3v) is 5.60. The van der Waals surface area contributed by atoms with E-state index in [0.29, 0.717) is 24.8 Å². The molecule has 0 unspecified atom stereocenters. The summed E-state index contributed by atoms with van der Waals surface area (Å²) in [5.74, 6) is 2.18. The highest BCUT2D eigenvalue weighted by atomic mass is 16.5. The molecule has 1 aromatic carbocycles. The average Bonchev–Trinajstić information content (AvgIpc) is 3.09. The van der Waals surface area contributed by atoms with E-state index in [1.165, 1.54) is 17.5 Å². The van der Waals surface area contributed by atoms with Gasteiger partial charge in [-0.3, -0.25) is 4.79 Å². The first-order valence-electron chi connectivity index (χ1n) is 9.36. The van der Waals surface area contributed by atoms with Crippen LogP contribution >= 0.6 is 0 Å². The number of rotatable bonds is 3. The predicted molar refractivity (Wildman–Crippen MR) is 94.3 cm³/mol. The molecule has 0 spiro atoms. The highest BCUT2D eigenvalue weighted by molar-refractivity contribution is 5.77. The van der Waals surface area contributed by atoms with Crippen molar-refractivity contribution in [2.45, 2.75) is 57.3 Å². The minimum Gasteiger partial charge on any atom is -0.342 e. The van der Waals surface area contributed by atoms with E-state index in [2.05, 4.69) is 34.4 Å². The second kappa shape index (κ2) is 6.98. The number of piperidine rings is 1. The van der Waals surface area contributed by atoms with Gasteiger partial charge in [0.25, 0.3) is 0 Å². The molecule has 1 aliphatic heterocycles. The normalized spacial score (nSPS) is 23.3. The molecule has 2 aromatic rings. The van der Waals surface area contributed by atoms with E-state index >= 15 is 0 Å². The number of aryl methyl sites for hydroxylation is 2. The van der Waals surface area contributed by atoms with E-state index in [0.717, 1.165) is 38.1 Å². The van der Waals surface area contributed by atoms with Gasteiger partial charge in [-0.15, -0.1) is 0 Å². The maximum absolute atomic E-state index is 12.9. The maximum atomic E-state index is 12.9. The van der Waals surface area contributed by atoms with Crippen LogP contribution in [0.1, 0.15) is 66.8 Å². The zero-order valence-electron chi connectivity index (χ0n) is 14.8. The molecule has 1 aromatic heterocycles. The number of likely N-dealkylation sites (tertiary alicyclic amines) is 1. The van der Waals surface area contributed by atoms with Gasteiger partial charge in [-0.25, -0.2) is 0 Å². The predicted octanol–water partition coefficient (Wildman–Crippen LogP) is 3.59. The number of carbonyl (C=O) groups is 1. The molecule has 1 aliphatic carbocycles. The third-order valence-electron chi connectivity index (χ3n) is 5.60. The molecule has 0 bridgehead atoms. The van der Waals surface area contributed by atoms with Crippen molar-refractivity contribution in [3.05, 3.63) is 47.1 Å². The monoisotopic (exact) mass is 339 g/mol. The SMILES string of the molecule is Cc1nc([C@H]2CCCN(C(=O)C[C@H]3CCCc4ccccc43)C2)no1. The van der Waals surface area contributed by atoms with Gasteiger partial charge in [0.05, 0.1) is 0 Å². The summed E-state index contributed by atoms with van der Waals surface area (Å²) in [6.45, 7) is 3.37. The molecule has 0 saturated carbocycles. The summed E-state index contributed by atoms with van der Waals surface area (Å²) >= 11 is 0. The molecule has 1 fully saturated rings. The smallest absolute Gasteiger partial charge is 0.223 e. The Morgan fingerprint density at radius 1 is 1.28 bits per heavy atom. The topological polar surface area (TPSA) is 59.2 Å². The lowest BCUT2D eigenvalue weighted by Crippen LogP contribution is -2.40. The quantitative estimate of drug-likeness (QED) is 0.857. The van der Waals surface area contributed by atoms with Gasteiger partial charge in [0, 0.05) is 32.4 Å². The molecular formula is C20H25N3O2. The first-order valence-corrected chi connectivity index (χ1v) is 9.36. The second-order valence-corrected chi connectivity index (χ2v) is 7.34. The first kappa shape index (κ1) is 16.3. The molecule has 2 aliphatic rings. The van der Waals surface area contributed by atoms with E-state index in [1.807, 2.05) is 11.8 Å². The molecule has 1 amide bonds. The van der Waals surface area contributed by atoms with Gasteiger partial charge in [0.1, 0.15) is 0 Å². The summed E-state index contributed by atoms with van der Waals surface area (Å²) in [5.41, 5.74) is 2.80. The van der Waals surface area contributed by atoms with Crippen LogP contribution in [0.3, 0.4) is 0 Å². The minimum atomic E-state index is 0.203. The number of carbonyl (C=O) groups excluding carboxylic acids is 1. The van der Waals surface area contributed by atoms with E-state index in [-0.39, 0.29) is 11.8 Å². The zero-order chi connectivity index (χ0) is 17.2. The van der Waals surface area contributed by atoms with Gasteiger partial charge in [0.15, 0.2) is 5.82 Å². The Balaban J connectivity index is 1.43. The van der Waals surface area contributed by atoms with Gasteiger partial charge in [-0.05, 0) is 49.1 Å². The number of hydrogen-bond donors (Lipinski definition) is 0. The Bertz CT molecular complexity index is 755. The highest BCUT2D eigenvalue weighted by Gasteiger charge is 2.30. The van der Waals surface area contributed by atoms with Crippen molar-refractivity contribution in [1.82, 2.24) is 15.0 Å². The van der Waals surface area contributed by atoms with Crippen LogP contribution in [0.2, 0.25) is 0 Å². The molecule has 4 rings (SSSR count). The number of benzene rings is 1. The van der Waals surface area contributed by atoms with Crippen LogP contribution in [0.5, 0.6) is 0 Å². The summed E-state index contributed by atoms with van der Waals surface area (Å²) < 4.78 is 5.11. The van der Waals surface area contributed by atoms with Crippen molar-refractivity contribution in [1.29, 1.82) is 0 Å². The largest absolute Gasteiger partial charge is 0.342 e. The van der Waals surface area contributed by atoms with E-state index in [9.17, 15) is 4.79 Å². The van der Waals surface area contributed by atoms with Crippen LogP contribution in [0.25, 0.3) is 0 Å². The second-order valence-electron chi connectivity index (χ2n) is 7.34. The molecule has 2 atom stereocenters. The fourth-order valence-electron chi connectivity index (χ4n) is 4.30. The van der Waals surface area contributed by atoms with Crippen LogP contribution in [0, 0.1) is 6.92 Å². The number of amides is 1. The van der Waals surface area contributed by atoms with Gasteiger partial charge in [0.2, 0.25) is 11.8 Å². The number of aromatic nitrogens is 2. The van der Waals surface area contributed by atoms with Crippen LogP contribution in [0.4, 0.5) is 0 Å². The van der Waals surface area contributed by atoms with Gasteiger partial charge in [-0.1, -0.05) is 29.4 Å². The van der Waals surface area contributed by atoms with E-state index in [1.54, 1.807) is 0 Å². The van der Waals surface area contributed by atoms with Crippen molar-refractivity contribution >= 4 is 5.91 Å². The fourth-order valence-corrected chi connectivity index (χ4v) is 4.30. The number of hydrogen-bond acceptors (Lipinski definition) is 4. The summed E-state index contributed by atoms with van der Waals surface area (Å²) in [4.78, 5) is 19.3. The third kappa shape index (κ3) is 3.46. The van der Waals surface area contributed by atoms with E-state index in [4.69, 9.17) is 4.52 Å². The van der Waals surface area contributed by atoms with Crippen LogP contribution in [-0.2, 0) is 11.2 Å². The van der Waals surface area contributed by atoms with Gasteiger partial charge in [-0.2, -0.15) is 4.98 Å². The fraction of sp³-hybridized carbons (Fsp3) is 0.550. The van der Waals surface area contributed by atoms with Crippen LogP contribution < -0.4 is 0 Å². The van der Waals surface area contributed by atoms with Crippen LogP contribution in [-0.4, -0.2) is 34.0 Å². The number of nitrogens with zero attached hydrogens (tertiary/aromatic N) is 3. The number of fused-ring (bicyclic) bond motifs is 1. The Morgan fingerprint density at radius 3 is 3.00 bits per heavy atom. The lowest BCUT2D eigenvalue weighted by molar-refractivity contribution is -0.133. The molecule has 0 radical (unpaired) electrons. The Morgan fingerprint density at radius 2 is 2.16 bits per heavy atom. The zero-order valence-corrected chi connectivity index (χ0v) is 14.8. The average molecular weight is 339 g/mol. The molecule has 25 heavy (non-hydrogen) atoms. The summed E-state index contributed by atoms with van der Waals surface area (Å²) in [6.07, 6.45) is 6.09. The van der Waals surface area contributed by atoms with Gasteiger partial charge >= 0.3 is 0 Å². The Kier molecular flexibility index (Phi) is 4.55. The van der Waals surface area contributed by atoms with Crippen LogP contribution in [0.15, 0.2) is 28.8 Å². The standard InChI is InChI=1S/C20H25N3O2/c1-14-21-20(22-25-14)17-9-5-11-23(13-17)19(24)12-16-8-4-7-15-6-2-3-10-18(15)16/h2-3,6,10,16-17H,4-5,7-9,11-13H2,1H3/t16-,17+/m1/s1. The summed E-state index contributed by atoms with van der Waals surface area (Å²) in [5, 5.41) is 4.05. The maximum Gasteiger partial charge on any atom is 0.223 e. The van der Waals surface area contributed by atoms with Crippen molar-refractivity contribution < 1.29 is 9.32 Å². The molecule has 0 N–H and O–H groups in total. The Hall–Kier alpha value is -2.17. The highest BCUT2D eigenvalue weighted by Crippen LogP contribution is 2.35. The van der Waals surface area contributed by atoms with Crippen molar-refractivity contribution in [2.24, 2.45) is 0 Å². The Labute approximate surface area is 148 Å². The molecule has 132 valence electrons. The lowest BCUT2D eigenvalue weighted by atomic mass is 9.80. The molecule has 2 heterocycles. The molecule has 1 saturated heterocycles. The summed E-state index contributed by atoms with van der Waals surface area (Å²) in [6, 6.07) is 8.61. The summed E-state index contributed by atoms with van der Waals surface area (Å²) in [7, 11) is 0. The molecule has 5 heteroatoms. The molecule has 5 nitrogen and oxygen atoms in total. The van der Waals surface area contributed by atoms with Crippen molar-refractivity contribution in [3.63, 3.8) is 0 Å².